The highest BCUT2D eigenvalue weighted by molar-refractivity contribution is 5.77. The van der Waals surface area contributed by atoms with Gasteiger partial charge in [-0.2, -0.15) is 0 Å². The molecule has 0 fully saturated rings. The van der Waals surface area contributed by atoms with Gasteiger partial charge in [-0.3, -0.25) is 4.79 Å². The van der Waals surface area contributed by atoms with Gasteiger partial charge in [0, 0.05) is 19.6 Å². The monoisotopic (exact) mass is 169 g/mol. The van der Waals surface area contributed by atoms with E-state index >= 15 is 0 Å². The molecule has 68 valence electrons. The van der Waals surface area contributed by atoms with Crippen LogP contribution in [0.2, 0.25) is 0 Å². The van der Waals surface area contributed by atoms with Gasteiger partial charge in [0.2, 0.25) is 5.91 Å². The number of carbonyl (C=O) groups is 1. The van der Waals surface area contributed by atoms with Gasteiger partial charge in [-0.15, -0.1) is 12.3 Å². The van der Waals surface area contributed by atoms with E-state index in [1.807, 2.05) is 6.92 Å². The molecule has 3 heteroatoms. The van der Waals surface area contributed by atoms with Crippen LogP contribution in [0, 0.1) is 12.3 Å². The van der Waals surface area contributed by atoms with Crippen molar-refractivity contribution in [1.82, 2.24) is 5.32 Å². The van der Waals surface area contributed by atoms with E-state index in [-0.39, 0.29) is 18.6 Å². The second kappa shape index (κ2) is 6.68. The molecule has 0 spiro atoms. The first kappa shape index (κ1) is 11.0. The molecule has 0 aliphatic carbocycles. The third-order valence-electron chi connectivity index (χ3n) is 1.50. The molecule has 0 radical (unpaired) electrons. The van der Waals surface area contributed by atoms with Crippen LogP contribution in [0.4, 0.5) is 0 Å². The fraction of sp³-hybridized carbons (Fsp3) is 0.667. The highest BCUT2D eigenvalue weighted by atomic mass is 16.5. The Hall–Kier alpha value is -1.01. The predicted molar refractivity (Wildman–Crippen MR) is 47.5 cm³/mol. The molecule has 0 heterocycles. The van der Waals surface area contributed by atoms with Gasteiger partial charge in [0.25, 0.3) is 0 Å². The van der Waals surface area contributed by atoms with Crippen molar-refractivity contribution in [1.29, 1.82) is 0 Å². The van der Waals surface area contributed by atoms with Crippen molar-refractivity contribution in [2.45, 2.75) is 25.8 Å². The number of terminal acetylenes is 1. The van der Waals surface area contributed by atoms with E-state index in [9.17, 15) is 4.79 Å². The fourth-order valence-corrected chi connectivity index (χ4v) is 0.840. The van der Waals surface area contributed by atoms with E-state index < -0.39 is 0 Å². The topological polar surface area (TPSA) is 38.3 Å². The summed E-state index contributed by atoms with van der Waals surface area (Å²) in [5.74, 6) is 2.40. The lowest BCUT2D eigenvalue weighted by Crippen LogP contribution is -2.36. The van der Waals surface area contributed by atoms with E-state index in [0.29, 0.717) is 6.42 Å². The van der Waals surface area contributed by atoms with Gasteiger partial charge < -0.3 is 10.1 Å². The van der Waals surface area contributed by atoms with Crippen molar-refractivity contribution in [3.05, 3.63) is 0 Å². The number of hydrogen-bond donors (Lipinski definition) is 1. The molecule has 0 saturated carbocycles. The smallest absolute Gasteiger partial charge is 0.246 e. The minimum atomic E-state index is -0.111. The fourth-order valence-electron chi connectivity index (χ4n) is 0.840. The summed E-state index contributed by atoms with van der Waals surface area (Å²) in [4.78, 5) is 11.0. The first-order valence-electron chi connectivity index (χ1n) is 3.96. The van der Waals surface area contributed by atoms with Gasteiger partial charge in [-0.1, -0.05) is 6.92 Å². The number of rotatable bonds is 5. The van der Waals surface area contributed by atoms with E-state index in [1.165, 1.54) is 7.11 Å². The lowest BCUT2D eigenvalue weighted by atomic mass is 10.1. The second-order valence-electron chi connectivity index (χ2n) is 2.51. The van der Waals surface area contributed by atoms with Crippen LogP contribution in [0.15, 0.2) is 0 Å². The van der Waals surface area contributed by atoms with Gasteiger partial charge in [-0.05, 0) is 6.42 Å². The standard InChI is InChI=1S/C9H15NO2/c1-4-6-8(5-2)10-9(11)7-12-3/h1,8H,5-7H2,2-3H3,(H,10,11). The highest BCUT2D eigenvalue weighted by Gasteiger charge is 2.07. The first-order chi connectivity index (χ1) is 5.74. The van der Waals surface area contributed by atoms with Crippen molar-refractivity contribution < 1.29 is 9.53 Å². The molecule has 1 amide bonds. The molecule has 0 rings (SSSR count). The van der Waals surface area contributed by atoms with Crippen LogP contribution >= 0.6 is 0 Å². The lowest BCUT2D eigenvalue weighted by Gasteiger charge is -2.13. The molecule has 1 N–H and O–H groups in total. The Balaban J connectivity index is 3.70. The third-order valence-corrected chi connectivity index (χ3v) is 1.50. The van der Waals surface area contributed by atoms with Crippen LogP contribution < -0.4 is 5.32 Å². The third kappa shape index (κ3) is 4.75. The van der Waals surface area contributed by atoms with Crippen LogP contribution in [0.25, 0.3) is 0 Å². The minimum absolute atomic E-state index is 0.0812. The number of nitrogens with one attached hydrogen (secondary N) is 1. The molecule has 1 unspecified atom stereocenters. The van der Waals surface area contributed by atoms with Gasteiger partial charge in [0.1, 0.15) is 6.61 Å². The van der Waals surface area contributed by atoms with E-state index in [4.69, 9.17) is 6.42 Å². The highest BCUT2D eigenvalue weighted by Crippen LogP contribution is 1.95. The number of carbonyl (C=O) groups excluding carboxylic acids is 1. The molecule has 12 heavy (non-hydrogen) atoms. The Morgan fingerprint density at radius 3 is 2.83 bits per heavy atom. The molecule has 0 bridgehead atoms. The summed E-state index contributed by atoms with van der Waals surface area (Å²) in [6.45, 7) is 2.08. The molecule has 0 aromatic rings. The zero-order valence-corrected chi connectivity index (χ0v) is 7.59. The summed E-state index contributed by atoms with van der Waals surface area (Å²) in [6, 6.07) is 0.0812. The minimum Gasteiger partial charge on any atom is -0.375 e. The average molecular weight is 169 g/mol. The van der Waals surface area contributed by atoms with Crippen molar-refractivity contribution >= 4 is 5.91 Å². The number of ether oxygens (including phenoxy) is 1. The van der Waals surface area contributed by atoms with Crippen molar-refractivity contribution in [2.24, 2.45) is 0 Å². The lowest BCUT2D eigenvalue weighted by molar-refractivity contribution is -0.125. The number of hydrogen-bond acceptors (Lipinski definition) is 2. The van der Waals surface area contributed by atoms with Crippen LogP contribution in [-0.4, -0.2) is 25.7 Å². The van der Waals surface area contributed by atoms with Crippen LogP contribution in [0.3, 0.4) is 0 Å². The maximum Gasteiger partial charge on any atom is 0.246 e. The van der Waals surface area contributed by atoms with E-state index in [2.05, 4.69) is 16.0 Å². The quantitative estimate of drug-likeness (QED) is 0.610. The van der Waals surface area contributed by atoms with Crippen LogP contribution in [-0.2, 0) is 9.53 Å². The molecule has 3 nitrogen and oxygen atoms in total. The normalized spacial score (nSPS) is 11.8. The van der Waals surface area contributed by atoms with Gasteiger partial charge >= 0.3 is 0 Å². The Bertz CT molecular complexity index is 172. The largest absolute Gasteiger partial charge is 0.375 e. The van der Waals surface area contributed by atoms with E-state index in [0.717, 1.165) is 6.42 Å². The average Bonchev–Trinajstić information content (AvgIpc) is 2.04. The first-order valence-corrected chi connectivity index (χ1v) is 3.96. The molecule has 0 aliphatic heterocycles. The Labute approximate surface area is 73.5 Å². The zero-order valence-electron chi connectivity index (χ0n) is 7.59. The number of amides is 1. The Morgan fingerprint density at radius 1 is 1.75 bits per heavy atom. The number of methoxy groups -OCH3 is 1. The Kier molecular flexibility index (Phi) is 6.12. The molecular formula is C9H15NO2. The second-order valence-corrected chi connectivity index (χ2v) is 2.51. The van der Waals surface area contributed by atoms with Gasteiger partial charge in [-0.25, -0.2) is 0 Å². The molecule has 0 aromatic carbocycles. The van der Waals surface area contributed by atoms with Gasteiger partial charge in [0.15, 0.2) is 0 Å². The molecule has 0 aliphatic rings. The zero-order chi connectivity index (χ0) is 9.40. The van der Waals surface area contributed by atoms with Crippen LogP contribution in [0.5, 0.6) is 0 Å². The summed E-state index contributed by atoms with van der Waals surface area (Å²) in [6.07, 6.45) is 6.54. The van der Waals surface area contributed by atoms with Crippen LogP contribution in [0.1, 0.15) is 19.8 Å². The van der Waals surface area contributed by atoms with Crippen molar-refractivity contribution in [3.63, 3.8) is 0 Å². The molecular weight excluding hydrogens is 154 g/mol. The maximum atomic E-state index is 11.0. The maximum absolute atomic E-state index is 11.0. The molecule has 0 aromatic heterocycles. The Morgan fingerprint density at radius 2 is 2.42 bits per heavy atom. The van der Waals surface area contributed by atoms with Gasteiger partial charge in [0.05, 0.1) is 0 Å². The SMILES string of the molecule is C#CCC(CC)NC(=O)COC. The summed E-state index contributed by atoms with van der Waals surface area (Å²) < 4.78 is 4.66. The van der Waals surface area contributed by atoms with Crippen molar-refractivity contribution in [2.75, 3.05) is 13.7 Å². The predicted octanol–water partition coefficient (Wildman–Crippen LogP) is 0.551. The van der Waals surface area contributed by atoms with Crippen molar-refractivity contribution in [3.8, 4) is 12.3 Å². The van der Waals surface area contributed by atoms with E-state index in [1.54, 1.807) is 0 Å². The summed E-state index contributed by atoms with van der Waals surface area (Å²) in [7, 11) is 1.49. The summed E-state index contributed by atoms with van der Waals surface area (Å²) >= 11 is 0. The molecule has 0 saturated heterocycles. The summed E-state index contributed by atoms with van der Waals surface area (Å²) in [5.41, 5.74) is 0. The summed E-state index contributed by atoms with van der Waals surface area (Å²) in [5, 5.41) is 2.76. The molecule has 1 atom stereocenters.